The van der Waals surface area contributed by atoms with Gasteiger partial charge in [0.15, 0.2) is 0 Å². The largest absolute Gasteiger partial charge is 0.497 e. The Kier molecular flexibility index (Phi) is 6.43. The van der Waals surface area contributed by atoms with E-state index in [0.29, 0.717) is 38.4 Å². The molecule has 2 aliphatic heterocycles. The molecule has 2 saturated heterocycles. The average molecular weight is 515 g/mol. The van der Waals surface area contributed by atoms with Crippen molar-refractivity contribution in [3.63, 3.8) is 0 Å². The van der Waals surface area contributed by atoms with Gasteiger partial charge in [0, 0.05) is 25.7 Å². The van der Waals surface area contributed by atoms with E-state index >= 15 is 0 Å². The van der Waals surface area contributed by atoms with Crippen molar-refractivity contribution in [2.75, 3.05) is 33.8 Å². The van der Waals surface area contributed by atoms with Crippen LogP contribution in [0.4, 0.5) is 0 Å². The lowest BCUT2D eigenvalue weighted by Crippen LogP contribution is -2.56. The predicted octanol–water partition coefficient (Wildman–Crippen LogP) is 4.25. The molecule has 1 spiro atoms. The van der Waals surface area contributed by atoms with Crippen molar-refractivity contribution in [3.8, 4) is 5.75 Å². The lowest BCUT2D eigenvalue weighted by molar-refractivity contribution is -0.135. The summed E-state index contributed by atoms with van der Waals surface area (Å²) in [6.07, 6.45) is 5.78. The molecule has 3 heterocycles. The van der Waals surface area contributed by atoms with Crippen LogP contribution in [0.15, 0.2) is 65.3 Å². The summed E-state index contributed by atoms with van der Waals surface area (Å²) >= 11 is 0. The second-order valence-electron chi connectivity index (χ2n) is 10.7. The molecule has 1 aromatic heterocycles. The lowest BCUT2D eigenvalue weighted by Gasteiger charge is -2.41. The molecule has 3 aliphatic rings. The van der Waals surface area contributed by atoms with Gasteiger partial charge in [-0.1, -0.05) is 41.6 Å². The number of amides is 2. The molecule has 6 rings (SSSR count). The number of rotatable bonds is 7. The standard InChI is InChI=1S/C30H34N4O4/c1-32-27(24-9-7-23(8-10-24)22-5-6-22)34(18-14-21-3-11-25(37-2)12-4-21)29(36)30(32)15-19-33(20-16-30)28(35)26-13-17-31-38-26/h3-4,7-13,17,22,27H,5-6,14-16,18-20H2,1-2H3. The maximum absolute atomic E-state index is 14.2. The summed E-state index contributed by atoms with van der Waals surface area (Å²) in [5.74, 6) is 1.73. The van der Waals surface area contributed by atoms with Gasteiger partial charge in [-0.05, 0) is 73.9 Å². The van der Waals surface area contributed by atoms with Crippen LogP contribution in [-0.4, -0.2) is 71.0 Å². The summed E-state index contributed by atoms with van der Waals surface area (Å²) < 4.78 is 10.4. The first-order chi connectivity index (χ1) is 18.5. The Labute approximate surface area is 223 Å². The number of hydrogen-bond acceptors (Lipinski definition) is 6. The van der Waals surface area contributed by atoms with Crippen LogP contribution in [0.5, 0.6) is 5.75 Å². The fourth-order valence-corrected chi connectivity index (χ4v) is 6.13. The molecule has 0 N–H and O–H groups in total. The number of carbonyl (C=O) groups excluding carboxylic acids is 2. The molecule has 3 fully saturated rings. The van der Waals surface area contributed by atoms with E-state index in [-0.39, 0.29) is 23.7 Å². The van der Waals surface area contributed by atoms with E-state index in [2.05, 4.69) is 53.5 Å². The molecule has 8 heteroatoms. The van der Waals surface area contributed by atoms with Crippen LogP contribution in [0.1, 0.15) is 65.0 Å². The molecular formula is C30H34N4O4. The number of methoxy groups -OCH3 is 1. The zero-order valence-corrected chi connectivity index (χ0v) is 22.0. The van der Waals surface area contributed by atoms with Gasteiger partial charge in [-0.25, -0.2) is 0 Å². The number of nitrogens with zero attached hydrogens (tertiary/aromatic N) is 4. The molecule has 2 aromatic carbocycles. The van der Waals surface area contributed by atoms with Gasteiger partial charge in [-0.3, -0.25) is 14.5 Å². The third-order valence-electron chi connectivity index (χ3n) is 8.61. The number of aromatic nitrogens is 1. The fraction of sp³-hybridized carbons (Fsp3) is 0.433. The summed E-state index contributed by atoms with van der Waals surface area (Å²) in [6.45, 7) is 1.61. The van der Waals surface area contributed by atoms with Crippen LogP contribution in [0, 0.1) is 0 Å². The number of hydrogen-bond donors (Lipinski definition) is 0. The van der Waals surface area contributed by atoms with Gasteiger partial charge in [0.05, 0.1) is 13.3 Å². The van der Waals surface area contributed by atoms with Crippen molar-refractivity contribution < 1.29 is 18.8 Å². The van der Waals surface area contributed by atoms with E-state index in [4.69, 9.17) is 9.26 Å². The summed E-state index contributed by atoms with van der Waals surface area (Å²) in [4.78, 5) is 33.1. The third-order valence-corrected chi connectivity index (χ3v) is 8.61. The Morgan fingerprint density at radius 2 is 1.71 bits per heavy atom. The highest BCUT2D eigenvalue weighted by atomic mass is 16.5. The lowest BCUT2D eigenvalue weighted by atomic mass is 9.86. The van der Waals surface area contributed by atoms with Gasteiger partial charge in [0.25, 0.3) is 5.91 Å². The highest BCUT2D eigenvalue weighted by Crippen LogP contribution is 2.46. The summed E-state index contributed by atoms with van der Waals surface area (Å²) in [5, 5.41) is 3.66. The second-order valence-corrected chi connectivity index (χ2v) is 10.7. The molecule has 198 valence electrons. The summed E-state index contributed by atoms with van der Waals surface area (Å²) in [6, 6.07) is 18.5. The van der Waals surface area contributed by atoms with Crippen LogP contribution in [0.3, 0.4) is 0 Å². The minimum atomic E-state index is -0.641. The first-order valence-corrected chi connectivity index (χ1v) is 13.5. The van der Waals surface area contributed by atoms with E-state index in [0.717, 1.165) is 23.3 Å². The SMILES string of the molecule is COc1ccc(CCN2C(=O)C3(CCN(C(=O)c4ccno4)CC3)N(C)C2c2ccc(C3CC3)cc2)cc1. The molecule has 1 atom stereocenters. The number of piperidine rings is 1. The number of ether oxygens (including phenoxy) is 1. The molecule has 0 bridgehead atoms. The molecule has 8 nitrogen and oxygen atoms in total. The highest BCUT2D eigenvalue weighted by molar-refractivity contribution is 5.93. The Hall–Kier alpha value is -3.65. The molecule has 1 aliphatic carbocycles. The topological polar surface area (TPSA) is 79.1 Å². The number of likely N-dealkylation sites (tertiary alicyclic amines) is 1. The predicted molar refractivity (Wildman–Crippen MR) is 142 cm³/mol. The van der Waals surface area contributed by atoms with Crippen molar-refractivity contribution in [2.24, 2.45) is 0 Å². The molecule has 1 saturated carbocycles. The zero-order chi connectivity index (χ0) is 26.3. The Morgan fingerprint density at radius 3 is 2.32 bits per heavy atom. The Balaban J connectivity index is 1.25. The maximum atomic E-state index is 14.2. The van der Waals surface area contributed by atoms with Crippen molar-refractivity contribution in [1.29, 1.82) is 0 Å². The van der Waals surface area contributed by atoms with E-state index in [1.54, 1.807) is 18.1 Å². The van der Waals surface area contributed by atoms with Gasteiger partial charge in [0.1, 0.15) is 17.5 Å². The minimum absolute atomic E-state index is 0.148. The molecular weight excluding hydrogens is 480 g/mol. The van der Waals surface area contributed by atoms with Crippen LogP contribution < -0.4 is 4.74 Å². The molecule has 38 heavy (non-hydrogen) atoms. The van der Waals surface area contributed by atoms with E-state index < -0.39 is 5.54 Å². The van der Waals surface area contributed by atoms with E-state index in [9.17, 15) is 9.59 Å². The van der Waals surface area contributed by atoms with E-state index in [1.165, 1.54) is 24.6 Å². The number of likely N-dealkylation sites (N-methyl/N-ethyl adjacent to an activating group) is 1. The molecule has 2 amide bonds. The number of carbonyl (C=O) groups is 2. The van der Waals surface area contributed by atoms with Crippen LogP contribution in [-0.2, 0) is 11.2 Å². The third kappa shape index (κ3) is 4.36. The maximum Gasteiger partial charge on any atom is 0.292 e. The van der Waals surface area contributed by atoms with Crippen LogP contribution in [0.2, 0.25) is 0 Å². The van der Waals surface area contributed by atoms with Crippen molar-refractivity contribution >= 4 is 11.8 Å². The summed E-state index contributed by atoms with van der Waals surface area (Å²) in [7, 11) is 3.73. The van der Waals surface area contributed by atoms with E-state index in [1.807, 2.05) is 17.0 Å². The first-order valence-electron chi connectivity index (χ1n) is 13.5. The van der Waals surface area contributed by atoms with Crippen LogP contribution >= 0.6 is 0 Å². The van der Waals surface area contributed by atoms with Gasteiger partial charge in [-0.15, -0.1) is 0 Å². The van der Waals surface area contributed by atoms with Crippen LogP contribution in [0.25, 0.3) is 0 Å². The highest BCUT2D eigenvalue weighted by Gasteiger charge is 2.57. The van der Waals surface area contributed by atoms with Gasteiger partial charge in [0.2, 0.25) is 11.7 Å². The first kappa shape index (κ1) is 24.7. The smallest absolute Gasteiger partial charge is 0.292 e. The second kappa shape index (κ2) is 9.91. The molecule has 3 aromatic rings. The van der Waals surface area contributed by atoms with Crippen molar-refractivity contribution in [3.05, 3.63) is 83.2 Å². The normalized spacial score (nSPS) is 21.3. The average Bonchev–Trinajstić information content (AvgIpc) is 3.63. The minimum Gasteiger partial charge on any atom is -0.497 e. The van der Waals surface area contributed by atoms with Gasteiger partial charge in [-0.2, -0.15) is 0 Å². The monoisotopic (exact) mass is 514 g/mol. The molecule has 0 radical (unpaired) electrons. The summed E-state index contributed by atoms with van der Waals surface area (Å²) in [5.41, 5.74) is 3.05. The quantitative estimate of drug-likeness (QED) is 0.469. The Bertz CT molecular complexity index is 1280. The fourth-order valence-electron chi connectivity index (χ4n) is 6.13. The van der Waals surface area contributed by atoms with Gasteiger partial charge < -0.3 is 19.1 Å². The van der Waals surface area contributed by atoms with Crippen molar-refractivity contribution in [1.82, 2.24) is 19.9 Å². The van der Waals surface area contributed by atoms with Gasteiger partial charge >= 0.3 is 0 Å². The van der Waals surface area contributed by atoms with Crippen molar-refractivity contribution in [2.45, 2.75) is 49.7 Å². The molecule has 1 unspecified atom stereocenters. The number of benzene rings is 2. The zero-order valence-electron chi connectivity index (χ0n) is 22.0. The Morgan fingerprint density at radius 1 is 1.03 bits per heavy atom.